The molecule has 5 heteroatoms. The third kappa shape index (κ3) is 5.46. The number of nitrogen functional groups attached to an aromatic ring is 1. The monoisotopic (exact) mass is 460 g/mol. The molecule has 0 fully saturated rings. The van der Waals surface area contributed by atoms with Gasteiger partial charge in [0.05, 0.1) is 11.4 Å². The molecule has 0 atom stereocenters. The van der Waals surface area contributed by atoms with Crippen molar-refractivity contribution in [3.8, 4) is 11.3 Å². The van der Waals surface area contributed by atoms with E-state index in [1.165, 1.54) is 11.1 Å². The van der Waals surface area contributed by atoms with E-state index >= 15 is 0 Å². The second kappa shape index (κ2) is 10.3. The molecular formula is C30H28N4O. The minimum Gasteiger partial charge on any atom is -0.399 e. The molecular weight excluding hydrogens is 432 g/mol. The van der Waals surface area contributed by atoms with Crippen molar-refractivity contribution in [1.82, 2.24) is 9.97 Å². The SMILES string of the molecule is Nc1ccc2c(c1)CCc1nc(NC(=O)CCCc3ccccc3)c(C=Cc3ccccc3)nc1-2. The first-order chi connectivity index (χ1) is 17.2. The van der Waals surface area contributed by atoms with Crippen molar-refractivity contribution in [3.05, 3.63) is 107 Å². The number of nitrogens with one attached hydrogen (secondary N) is 1. The summed E-state index contributed by atoms with van der Waals surface area (Å²) in [5.74, 6) is 0.466. The molecule has 3 N–H and O–H groups in total. The summed E-state index contributed by atoms with van der Waals surface area (Å²) in [6.45, 7) is 0. The highest BCUT2D eigenvalue weighted by atomic mass is 16.1. The third-order valence-electron chi connectivity index (χ3n) is 6.21. The zero-order chi connectivity index (χ0) is 24.0. The van der Waals surface area contributed by atoms with Crippen LogP contribution in [0.1, 0.15) is 40.9 Å². The number of carbonyl (C=O) groups excluding carboxylic acids is 1. The van der Waals surface area contributed by atoms with E-state index in [2.05, 4.69) is 17.4 Å². The number of amides is 1. The number of anilines is 2. The lowest BCUT2D eigenvalue weighted by Crippen LogP contribution is -2.17. The Morgan fingerprint density at radius 2 is 1.69 bits per heavy atom. The van der Waals surface area contributed by atoms with Gasteiger partial charge in [-0.3, -0.25) is 4.79 Å². The van der Waals surface area contributed by atoms with Crippen LogP contribution in [0, 0.1) is 0 Å². The number of nitrogens with two attached hydrogens (primary N) is 1. The van der Waals surface area contributed by atoms with Crippen LogP contribution in [0.3, 0.4) is 0 Å². The second-order valence-electron chi connectivity index (χ2n) is 8.80. The normalized spacial score (nSPS) is 12.2. The first kappa shape index (κ1) is 22.5. The lowest BCUT2D eigenvalue weighted by Gasteiger charge is -2.20. The van der Waals surface area contributed by atoms with Crippen LogP contribution in [0.4, 0.5) is 11.5 Å². The summed E-state index contributed by atoms with van der Waals surface area (Å²) in [6, 6.07) is 26.2. The molecule has 0 saturated heterocycles. The summed E-state index contributed by atoms with van der Waals surface area (Å²) in [6.07, 6.45) is 7.60. The van der Waals surface area contributed by atoms with Crippen LogP contribution in [-0.2, 0) is 24.1 Å². The molecule has 1 amide bonds. The van der Waals surface area contributed by atoms with Crippen LogP contribution >= 0.6 is 0 Å². The number of aryl methyl sites for hydroxylation is 3. The van der Waals surface area contributed by atoms with Crippen LogP contribution in [0.2, 0.25) is 0 Å². The van der Waals surface area contributed by atoms with Crippen molar-refractivity contribution in [1.29, 1.82) is 0 Å². The van der Waals surface area contributed by atoms with E-state index < -0.39 is 0 Å². The van der Waals surface area contributed by atoms with Crippen LogP contribution in [-0.4, -0.2) is 15.9 Å². The number of hydrogen-bond acceptors (Lipinski definition) is 4. The highest BCUT2D eigenvalue weighted by Crippen LogP contribution is 2.34. The van der Waals surface area contributed by atoms with Crippen molar-refractivity contribution >= 4 is 29.6 Å². The fourth-order valence-corrected chi connectivity index (χ4v) is 4.42. The molecule has 1 aliphatic rings. The highest BCUT2D eigenvalue weighted by Gasteiger charge is 2.22. The minimum atomic E-state index is -0.0477. The zero-order valence-electron chi connectivity index (χ0n) is 19.6. The Morgan fingerprint density at radius 3 is 2.49 bits per heavy atom. The first-order valence-electron chi connectivity index (χ1n) is 12.0. The summed E-state index contributed by atoms with van der Waals surface area (Å²) < 4.78 is 0. The Bertz CT molecular complexity index is 1360. The van der Waals surface area contributed by atoms with Gasteiger partial charge in [-0.25, -0.2) is 9.97 Å². The molecule has 1 heterocycles. The lowest BCUT2D eigenvalue weighted by molar-refractivity contribution is -0.116. The summed E-state index contributed by atoms with van der Waals surface area (Å²) in [5, 5.41) is 3.03. The molecule has 5 nitrogen and oxygen atoms in total. The summed E-state index contributed by atoms with van der Waals surface area (Å²) in [7, 11) is 0. The largest absolute Gasteiger partial charge is 0.399 e. The van der Waals surface area contributed by atoms with Crippen LogP contribution < -0.4 is 11.1 Å². The highest BCUT2D eigenvalue weighted by molar-refractivity contribution is 5.92. The van der Waals surface area contributed by atoms with Gasteiger partial charge in [-0.2, -0.15) is 0 Å². The molecule has 1 aliphatic carbocycles. The second-order valence-corrected chi connectivity index (χ2v) is 8.80. The summed E-state index contributed by atoms with van der Waals surface area (Å²) in [5.41, 5.74) is 13.7. The van der Waals surface area contributed by atoms with Gasteiger partial charge < -0.3 is 11.1 Å². The number of fused-ring (bicyclic) bond motifs is 3. The molecule has 0 radical (unpaired) electrons. The Morgan fingerprint density at radius 1 is 0.914 bits per heavy atom. The molecule has 3 aromatic carbocycles. The van der Waals surface area contributed by atoms with Crippen molar-refractivity contribution in [3.63, 3.8) is 0 Å². The fourth-order valence-electron chi connectivity index (χ4n) is 4.42. The Balaban J connectivity index is 1.41. The minimum absolute atomic E-state index is 0.0477. The molecule has 5 rings (SSSR count). The Labute approximate surface area is 205 Å². The number of nitrogens with zero attached hydrogens (tertiary/aromatic N) is 2. The molecule has 0 aliphatic heterocycles. The number of hydrogen-bond donors (Lipinski definition) is 2. The Kier molecular flexibility index (Phi) is 6.66. The van der Waals surface area contributed by atoms with Crippen molar-refractivity contribution in [2.75, 3.05) is 11.1 Å². The van der Waals surface area contributed by atoms with Crippen molar-refractivity contribution in [2.24, 2.45) is 0 Å². The predicted molar refractivity (Wildman–Crippen MR) is 143 cm³/mol. The van der Waals surface area contributed by atoms with E-state index in [-0.39, 0.29) is 5.91 Å². The Hall–Kier alpha value is -4.25. The maximum atomic E-state index is 12.8. The molecule has 1 aromatic heterocycles. The molecule has 0 spiro atoms. The molecule has 0 saturated carbocycles. The van der Waals surface area contributed by atoms with Gasteiger partial charge in [-0.05, 0) is 60.6 Å². The van der Waals surface area contributed by atoms with Crippen molar-refractivity contribution in [2.45, 2.75) is 32.1 Å². The molecule has 4 aromatic rings. The van der Waals surface area contributed by atoms with Gasteiger partial charge in [0, 0.05) is 17.7 Å². The fraction of sp³-hybridized carbons (Fsp3) is 0.167. The van der Waals surface area contributed by atoms with Gasteiger partial charge >= 0.3 is 0 Å². The molecule has 0 unspecified atom stereocenters. The average molecular weight is 461 g/mol. The number of carbonyl (C=O) groups is 1. The van der Waals surface area contributed by atoms with E-state index in [0.29, 0.717) is 17.9 Å². The predicted octanol–water partition coefficient (Wildman–Crippen LogP) is 5.96. The van der Waals surface area contributed by atoms with Gasteiger partial charge in [0.1, 0.15) is 5.69 Å². The van der Waals surface area contributed by atoms with Crippen LogP contribution in [0.15, 0.2) is 78.9 Å². The van der Waals surface area contributed by atoms with Crippen LogP contribution in [0.5, 0.6) is 0 Å². The van der Waals surface area contributed by atoms with E-state index in [4.69, 9.17) is 15.7 Å². The van der Waals surface area contributed by atoms with Gasteiger partial charge in [0.25, 0.3) is 0 Å². The number of rotatable bonds is 7. The average Bonchev–Trinajstić information content (AvgIpc) is 2.88. The van der Waals surface area contributed by atoms with Gasteiger partial charge in [-0.15, -0.1) is 0 Å². The lowest BCUT2D eigenvalue weighted by atomic mass is 9.91. The van der Waals surface area contributed by atoms with Gasteiger partial charge in [0.15, 0.2) is 5.82 Å². The zero-order valence-corrected chi connectivity index (χ0v) is 19.6. The quantitative estimate of drug-likeness (QED) is 0.334. The van der Waals surface area contributed by atoms with E-state index in [1.54, 1.807) is 0 Å². The maximum absolute atomic E-state index is 12.8. The summed E-state index contributed by atoms with van der Waals surface area (Å²) >= 11 is 0. The van der Waals surface area contributed by atoms with Crippen molar-refractivity contribution < 1.29 is 4.79 Å². The summed E-state index contributed by atoms with van der Waals surface area (Å²) in [4.78, 5) is 22.7. The third-order valence-corrected chi connectivity index (χ3v) is 6.21. The standard InChI is InChI=1S/C30H28N4O/c31-24-16-17-25-23(20-24)15-19-26-29(25)32-27(18-14-22-10-5-2-6-11-22)30(33-26)34-28(35)13-7-12-21-8-3-1-4-9-21/h1-6,8-11,14,16-18,20H,7,12-13,15,19,31H2,(H,33,34,35). The maximum Gasteiger partial charge on any atom is 0.225 e. The number of benzene rings is 3. The molecule has 174 valence electrons. The van der Waals surface area contributed by atoms with Gasteiger partial charge in [-0.1, -0.05) is 72.8 Å². The van der Waals surface area contributed by atoms with Gasteiger partial charge in [0.2, 0.25) is 5.91 Å². The molecule has 35 heavy (non-hydrogen) atoms. The van der Waals surface area contributed by atoms with E-state index in [0.717, 1.165) is 53.9 Å². The van der Waals surface area contributed by atoms with E-state index in [1.807, 2.05) is 78.9 Å². The van der Waals surface area contributed by atoms with E-state index in [9.17, 15) is 4.79 Å². The number of aromatic nitrogens is 2. The molecule has 0 bridgehead atoms. The van der Waals surface area contributed by atoms with Crippen LogP contribution in [0.25, 0.3) is 23.4 Å². The topological polar surface area (TPSA) is 80.9 Å². The first-order valence-corrected chi connectivity index (χ1v) is 12.0. The smallest absolute Gasteiger partial charge is 0.225 e.